The largest absolute Gasteiger partial charge is 0.362 e. The molecule has 0 aliphatic rings. The Morgan fingerprint density at radius 2 is 1.28 bits per heavy atom. The third-order valence-corrected chi connectivity index (χ3v) is 5.12. The molecule has 6 heteroatoms. The molecule has 0 radical (unpaired) electrons. The summed E-state index contributed by atoms with van der Waals surface area (Å²) in [6.45, 7) is 0. The van der Waals surface area contributed by atoms with Crippen LogP contribution in [0, 0.1) is 0 Å². The topological polar surface area (TPSA) is 60.1 Å². The van der Waals surface area contributed by atoms with Gasteiger partial charge in [0.1, 0.15) is 5.82 Å². The number of fused-ring (bicyclic) bond motifs is 1. The summed E-state index contributed by atoms with van der Waals surface area (Å²) in [4.78, 5) is 32.5. The van der Waals surface area contributed by atoms with E-state index in [-0.39, 0.29) is 5.56 Å². The SMILES string of the molecule is CN(C)c1nc2c(c(-c3ccccc3)c1-c1ccccc1)c(=O)n(C)c(=O)n2C. The van der Waals surface area contributed by atoms with Crippen LogP contribution in [0.15, 0.2) is 70.3 Å². The molecule has 0 atom stereocenters. The molecule has 6 nitrogen and oxygen atoms in total. The monoisotopic (exact) mass is 386 g/mol. The molecular weight excluding hydrogens is 364 g/mol. The van der Waals surface area contributed by atoms with Gasteiger partial charge in [0.15, 0.2) is 5.65 Å². The van der Waals surface area contributed by atoms with E-state index in [0.717, 1.165) is 26.8 Å². The number of hydrogen-bond acceptors (Lipinski definition) is 4. The van der Waals surface area contributed by atoms with Crippen molar-refractivity contribution in [3.63, 3.8) is 0 Å². The number of aromatic nitrogens is 3. The first-order valence-electron chi connectivity index (χ1n) is 9.33. The lowest BCUT2D eigenvalue weighted by atomic mass is 9.92. The van der Waals surface area contributed by atoms with Gasteiger partial charge in [-0.05, 0) is 11.1 Å². The molecule has 0 saturated heterocycles. The fourth-order valence-electron chi connectivity index (χ4n) is 3.67. The molecule has 4 rings (SSSR count). The van der Waals surface area contributed by atoms with Crippen molar-refractivity contribution < 1.29 is 0 Å². The van der Waals surface area contributed by atoms with Gasteiger partial charge >= 0.3 is 5.69 Å². The maximum atomic E-state index is 13.3. The zero-order valence-corrected chi connectivity index (χ0v) is 16.9. The lowest BCUT2D eigenvalue weighted by Crippen LogP contribution is -2.37. The van der Waals surface area contributed by atoms with E-state index < -0.39 is 5.69 Å². The second kappa shape index (κ2) is 7.05. The minimum atomic E-state index is -0.397. The number of pyridine rings is 1. The summed E-state index contributed by atoms with van der Waals surface area (Å²) in [6, 6.07) is 19.7. The van der Waals surface area contributed by atoms with Crippen LogP contribution in [0.1, 0.15) is 0 Å². The van der Waals surface area contributed by atoms with Crippen molar-refractivity contribution >= 4 is 16.9 Å². The van der Waals surface area contributed by atoms with Crippen LogP contribution in [0.25, 0.3) is 33.3 Å². The molecule has 0 N–H and O–H groups in total. The second-order valence-corrected chi connectivity index (χ2v) is 7.22. The summed E-state index contributed by atoms with van der Waals surface area (Å²) < 4.78 is 2.57. The van der Waals surface area contributed by atoms with E-state index in [4.69, 9.17) is 4.98 Å². The van der Waals surface area contributed by atoms with Crippen molar-refractivity contribution in [2.45, 2.75) is 0 Å². The number of benzene rings is 2. The highest BCUT2D eigenvalue weighted by atomic mass is 16.2. The van der Waals surface area contributed by atoms with Crippen molar-refractivity contribution in [3.8, 4) is 22.3 Å². The first kappa shape index (κ1) is 18.7. The Labute approximate surface area is 168 Å². The molecule has 4 aromatic rings. The maximum absolute atomic E-state index is 13.3. The van der Waals surface area contributed by atoms with Gasteiger partial charge in [0.05, 0.1) is 5.39 Å². The Kier molecular flexibility index (Phi) is 4.54. The molecule has 2 heterocycles. The fraction of sp³-hybridized carbons (Fsp3) is 0.174. The lowest BCUT2D eigenvalue weighted by Gasteiger charge is -2.22. The van der Waals surface area contributed by atoms with E-state index >= 15 is 0 Å². The predicted octanol–water partition coefficient (Wildman–Crippen LogP) is 3.03. The van der Waals surface area contributed by atoms with Gasteiger partial charge in [-0.15, -0.1) is 0 Å². The zero-order valence-electron chi connectivity index (χ0n) is 16.9. The third-order valence-electron chi connectivity index (χ3n) is 5.12. The number of aryl methyl sites for hydroxylation is 1. The lowest BCUT2D eigenvalue weighted by molar-refractivity contribution is 0.707. The van der Waals surface area contributed by atoms with Crippen LogP contribution < -0.4 is 16.1 Å². The highest BCUT2D eigenvalue weighted by Crippen LogP contribution is 2.41. The molecule has 0 unspecified atom stereocenters. The number of anilines is 1. The van der Waals surface area contributed by atoms with Crippen LogP contribution in [0.2, 0.25) is 0 Å². The third kappa shape index (κ3) is 2.93. The van der Waals surface area contributed by atoms with Crippen molar-refractivity contribution in [3.05, 3.63) is 81.5 Å². The first-order valence-corrected chi connectivity index (χ1v) is 9.33. The molecule has 0 fully saturated rings. The molecule has 2 aromatic carbocycles. The van der Waals surface area contributed by atoms with Gasteiger partial charge in [0.25, 0.3) is 5.56 Å². The summed E-state index contributed by atoms with van der Waals surface area (Å²) in [5.74, 6) is 0.700. The van der Waals surface area contributed by atoms with Crippen LogP contribution >= 0.6 is 0 Å². The summed E-state index contributed by atoms with van der Waals surface area (Å²) in [5, 5.41) is 0.435. The average molecular weight is 386 g/mol. The molecule has 0 aliphatic carbocycles. The quantitative estimate of drug-likeness (QED) is 0.543. The Hall–Kier alpha value is -3.67. The zero-order chi connectivity index (χ0) is 20.7. The molecular formula is C23H22N4O2. The number of hydrogen-bond donors (Lipinski definition) is 0. The Morgan fingerprint density at radius 1 is 0.759 bits per heavy atom. The highest BCUT2D eigenvalue weighted by molar-refractivity contribution is 6.05. The smallest absolute Gasteiger partial charge is 0.332 e. The van der Waals surface area contributed by atoms with Gasteiger partial charge in [-0.1, -0.05) is 60.7 Å². The molecule has 0 spiro atoms. The van der Waals surface area contributed by atoms with Crippen molar-refractivity contribution in [2.24, 2.45) is 14.1 Å². The van der Waals surface area contributed by atoms with Crippen molar-refractivity contribution in [2.75, 3.05) is 19.0 Å². The standard InChI is InChI=1S/C23H22N4O2/c1-25(2)20-18(16-13-9-6-10-14-16)17(15-11-7-5-8-12-15)19-21(24-20)26(3)23(29)27(4)22(19)28/h5-14H,1-4H3. The molecule has 146 valence electrons. The average Bonchev–Trinajstić information content (AvgIpc) is 2.75. The normalized spacial score (nSPS) is 11.0. The summed E-state index contributed by atoms with van der Waals surface area (Å²) in [5.41, 5.74) is 3.13. The Morgan fingerprint density at radius 3 is 1.79 bits per heavy atom. The van der Waals surface area contributed by atoms with Gasteiger partial charge in [-0.3, -0.25) is 13.9 Å². The molecule has 0 aliphatic heterocycles. The van der Waals surface area contributed by atoms with E-state index in [1.165, 1.54) is 11.6 Å². The van der Waals surface area contributed by atoms with Gasteiger partial charge in [0.2, 0.25) is 0 Å². The fourth-order valence-corrected chi connectivity index (χ4v) is 3.67. The second-order valence-electron chi connectivity index (χ2n) is 7.22. The minimum absolute atomic E-state index is 0.350. The predicted molar refractivity (Wildman–Crippen MR) is 117 cm³/mol. The van der Waals surface area contributed by atoms with Gasteiger partial charge in [-0.25, -0.2) is 9.78 Å². The van der Waals surface area contributed by atoms with Gasteiger partial charge in [-0.2, -0.15) is 0 Å². The number of rotatable bonds is 3. The molecule has 29 heavy (non-hydrogen) atoms. The Balaban J connectivity index is 2.35. The van der Waals surface area contributed by atoms with Crippen molar-refractivity contribution in [1.29, 1.82) is 0 Å². The van der Waals surface area contributed by atoms with E-state index in [9.17, 15) is 9.59 Å². The van der Waals surface area contributed by atoms with E-state index in [1.807, 2.05) is 79.7 Å². The highest BCUT2D eigenvalue weighted by Gasteiger charge is 2.23. The number of nitrogens with zero attached hydrogens (tertiary/aromatic N) is 4. The van der Waals surface area contributed by atoms with Crippen LogP contribution in [0.3, 0.4) is 0 Å². The first-order chi connectivity index (χ1) is 13.9. The van der Waals surface area contributed by atoms with Crippen molar-refractivity contribution in [1.82, 2.24) is 14.1 Å². The maximum Gasteiger partial charge on any atom is 0.332 e. The van der Waals surface area contributed by atoms with E-state index in [0.29, 0.717) is 16.9 Å². The molecule has 0 bridgehead atoms. The summed E-state index contributed by atoms with van der Waals surface area (Å²) >= 11 is 0. The molecule has 0 saturated carbocycles. The van der Waals surface area contributed by atoms with Crippen LogP contribution in [-0.2, 0) is 14.1 Å². The minimum Gasteiger partial charge on any atom is -0.362 e. The van der Waals surface area contributed by atoms with Gasteiger partial charge < -0.3 is 4.90 Å². The Bertz CT molecular complexity index is 1320. The molecule has 2 aromatic heterocycles. The van der Waals surface area contributed by atoms with Crippen LogP contribution in [-0.4, -0.2) is 28.2 Å². The summed E-state index contributed by atoms with van der Waals surface area (Å²) in [7, 11) is 6.97. The van der Waals surface area contributed by atoms with Crippen LogP contribution in [0.5, 0.6) is 0 Å². The summed E-state index contributed by atoms with van der Waals surface area (Å²) in [6.07, 6.45) is 0. The van der Waals surface area contributed by atoms with Crippen LogP contribution in [0.4, 0.5) is 5.82 Å². The van der Waals surface area contributed by atoms with Gasteiger partial charge in [0, 0.05) is 39.3 Å². The van der Waals surface area contributed by atoms with E-state index in [1.54, 1.807) is 7.05 Å². The van der Waals surface area contributed by atoms with E-state index in [2.05, 4.69) is 0 Å². The molecule has 0 amide bonds.